The number of methoxy groups -OCH3 is 2. The van der Waals surface area contributed by atoms with Gasteiger partial charge in [-0.2, -0.15) is 0 Å². The average Bonchev–Trinajstić information content (AvgIpc) is 3.02. The molecule has 0 spiro atoms. The number of imide groups is 1. The van der Waals surface area contributed by atoms with Crippen LogP contribution >= 0.6 is 11.8 Å². The monoisotopic (exact) mass is 408 g/mol. The molecule has 1 aliphatic rings. The molecule has 0 unspecified atom stereocenters. The molecule has 1 aliphatic heterocycles. The smallest absolute Gasteiger partial charge is 0.331 e. The fourth-order valence-corrected chi connectivity index (χ4v) is 3.01. The van der Waals surface area contributed by atoms with E-state index < -0.39 is 18.5 Å². The summed E-state index contributed by atoms with van der Waals surface area (Å²) in [6.07, 6.45) is 2.71. The normalized spacial score (nSPS) is 13.7. The Morgan fingerprint density at radius 2 is 1.96 bits per heavy atom. The van der Waals surface area contributed by atoms with Crippen LogP contribution < -0.4 is 14.8 Å². The molecule has 0 atom stereocenters. The number of nitrogens with zero attached hydrogens (tertiary/aromatic N) is 1. The quantitative estimate of drug-likeness (QED) is 0.477. The first-order valence-corrected chi connectivity index (χ1v) is 9.24. The van der Waals surface area contributed by atoms with Gasteiger partial charge in [0.25, 0.3) is 11.1 Å². The third-order valence-electron chi connectivity index (χ3n) is 3.66. The van der Waals surface area contributed by atoms with Crippen LogP contribution in [0.3, 0.4) is 0 Å². The Hall–Kier alpha value is -3.01. The van der Waals surface area contributed by atoms with Gasteiger partial charge in [-0.15, -0.1) is 0 Å². The Kier molecular flexibility index (Phi) is 7.88. The Morgan fingerprint density at radius 1 is 1.21 bits per heavy atom. The third-order valence-corrected chi connectivity index (χ3v) is 4.52. The van der Waals surface area contributed by atoms with Crippen molar-refractivity contribution in [2.45, 2.75) is 0 Å². The van der Waals surface area contributed by atoms with Crippen LogP contribution in [-0.4, -0.2) is 67.6 Å². The second-order valence-corrected chi connectivity index (χ2v) is 6.43. The highest BCUT2D eigenvalue weighted by atomic mass is 32.2. The van der Waals surface area contributed by atoms with Crippen molar-refractivity contribution < 1.29 is 33.4 Å². The standard InChI is InChI=1S/C18H20N2O7S/c1-25-13-5-3-12(9-14(13)26-2)4-6-17(23)27-10-15(21)19-7-8-20-16(22)11-28-18(20)24/h3-6,9H,7-8,10-11H2,1-2H3,(H,19,21)/b6-4+. The molecule has 1 N–H and O–H groups in total. The topological polar surface area (TPSA) is 111 Å². The van der Waals surface area contributed by atoms with Crippen molar-refractivity contribution in [3.8, 4) is 11.5 Å². The van der Waals surface area contributed by atoms with E-state index in [0.717, 1.165) is 16.7 Å². The van der Waals surface area contributed by atoms with Crippen molar-refractivity contribution in [2.75, 3.05) is 39.7 Å². The summed E-state index contributed by atoms with van der Waals surface area (Å²) in [5, 5.41) is 2.15. The lowest BCUT2D eigenvalue weighted by Gasteiger charge is -2.12. The van der Waals surface area contributed by atoms with Crippen molar-refractivity contribution in [3.05, 3.63) is 29.8 Å². The van der Waals surface area contributed by atoms with E-state index in [0.29, 0.717) is 17.1 Å². The number of amides is 3. The molecule has 1 heterocycles. The number of carbonyl (C=O) groups excluding carboxylic acids is 4. The number of hydrogen-bond donors (Lipinski definition) is 1. The van der Waals surface area contributed by atoms with Gasteiger partial charge in [0.2, 0.25) is 5.91 Å². The maximum atomic E-state index is 11.7. The third kappa shape index (κ3) is 6.02. The molecular weight excluding hydrogens is 388 g/mol. The molecule has 2 rings (SSSR count). The molecule has 0 aliphatic carbocycles. The highest BCUT2D eigenvalue weighted by Gasteiger charge is 2.29. The van der Waals surface area contributed by atoms with Crippen LogP contribution in [0.15, 0.2) is 24.3 Å². The molecule has 0 saturated carbocycles. The number of benzene rings is 1. The van der Waals surface area contributed by atoms with Crippen LogP contribution in [0.4, 0.5) is 4.79 Å². The molecule has 0 aromatic heterocycles. The van der Waals surface area contributed by atoms with Gasteiger partial charge in [-0.1, -0.05) is 17.8 Å². The molecule has 1 saturated heterocycles. The lowest BCUT2D eigenvalue weighted by atomic mass is 10.2. The fourth-order valence-electron chi connectivity index (χ4n) is 2.26. The van der Waals surface area contributed by atoms with Crippen LogP contribution in [0.25, 0.3) is 6.08 Å². The van der Waals surface area contributed by atoms with E-state index in [4.69, 9.17) is 14.2 Å². The number of esters is 1. The number of rotatable bonds is 9. The average molecular weight is 408 g/mol. The molecule has 1 aromatic rings. The Bertz CT molecular complexity index is 778. The first-order valence-electron chi connectivity index (χ1n) is 8.25. The largest absolute Gasteiger partial charge is 0.493 e. The molecule has 0 bridgehead atoms. The minimum Gasteiger partial charge on any atom is -0.493 e. The van der Waals surface area contributed by atoms with E-state index >= 15 is 0 Å². The predicted molar refractivity (Wildman–Crippen MR) is 102 cm³/mol. The Labute approximate surface area is 166 Å². The van der Waals surface area contributed by atoms with E-state index in [-0.39, 0.29) is 30.0 Å². The van der Waals surface area contributed by atoms with E-state index in [1.807, 2.05) is 0 Å². The summed E-state index contributed by atoms with van der Waals surface area (Å²) in [5.41, 5.74) is 0.692. The van der Waals surface area contributed by atoms with Crippen LogP contribution in [0.2, 0.25) is 0 Å². The van der Waals surface area contributed by atoms with Gasteiger partial charge in [0.15, 0.2) is 18.1 Å². The highest BCUT2D eigenvalue weighted by molar-refractivity contribution is 8.14. The van der Waals surface area contributed by atoms with E-state index in [1.54, 1.807) is 18.2 Å². The first kappa shape index (κ1) is 21.3. The number of ether oxygens (including phenoxy) is 3. The summed E-state index contributed by atoms with van der Waals surface area (Å²) in [5.74, 6) is -0.293. The van der Waals surface area contributed by atoms with E-state index in [9.17, 15) is 19.2 Å². The predicted octanol–water partition coefficient (Wildman–Crippen LogP) is 1.07. The molecule has 9 nitrogen and oxygen atoms in total. The van der Waals surface area contributed by atoms with Gasteiger partial charge in [-0.25, -0.2) is 4.79 Å². The zero-order valence-electron chi connectivity index (χ0n) is 15.4. The van der Waals surface area contributed by atoms with Crippen LogP contribution in [0.5, 0.6) is 11.5 Å². The van der Waals surface area contributed by atoms with Crippen molar-refractivity contribution in [1.29, 1.82) is 0 Å². The maximum absolute atomic E-state index is 11.7. The molecule has 150 valence electrons. The molecular formula is C18H20N2O7S. The summed E-state index contributed by atoms with van der Waals surface area (Å²) in [7, 11) is 3.03. The molecule has 28 heavy (non-hydrogen) atoms. The first-order chi connectivity index (χ1) is 13.4. The second kappa shape index (κ2) is 10.4. The zero-order chi connectivity index (χ0) is 20.5. The summed E-state index contributed by atoms with van der Waals surface area (Å²) in [6, 6.07) is 5.12. The molecule has 10 heteroatoms. The molecule has 0 radical (unpaired) electrons. The minimum atomic E-state index is -0.689. The highest BCUT2D eigenvalue weighted by Crippen LogP contribution is 2.27. The SMILES string of the molecule is COc1ccc(/C=C/C(=O)OCC(=O)NCCN2C(=O)CSC2=O)cc1OC. The van der Waals surface area contributed by atoms with E-state index in [1.165, 1.54) is 26.4 Å². The lowest BCUT2D eigenvalue weighted by Crippen LogP contribution is -2.38. The van der Waals surface area contributed by atoms with E-state index in [2.05, 4.69) is 5.32 Å². The number of hydrogen-bond acceptors (Lipinski definition) is 8. The molecule has 1 fully saturated rings. The minimum absolute atomic E-state index is 0.0869. The Balaban J connectivity index is 1.72. The fraction of sp³-hybridized carbons (Fsp3) is 0.333. The second-order valence-electron chi connectivity index (χ2n) is 5.51. The summed E-state index contributed by atoms with van der Waals surface area (Å²) in [6.45, 7) is -0.286. The lowest BCUT2D eigenvalue weighted by molar-refractivity contribution is -0.143. The van der Waals surface area contributed by atoms with Gasteiger partial charge in [0, 0.05) is 19.2 Å². The van der Waals surface area contributed by atoms with Crippen molar-refractivity contribution in [1.82, 2.24) is 10.2 Å². The van der Waals surface area contributed by atoms with Gasteiger partial charge in [0.1, 0.15) is 0 Å². The zero-order valence-corrected chi connectivity index (χ0v) is 16.2. The number of carbonyl (C=O) groups is 4. The van der Waals surface area contributed by atoms with Crippen LogP contribution in [0, 0.1) is 0 Å². The van der Waals surface area contributed by atoms with Crippen LogP contribution in [0.1, 0.15) is 5.56 Å². The number of thioether (sulfide) groups is 1. The van der Waals surface area contributed by atoms with Gasteiger partial charge >= 0.3 is 5.97 Å². The summed E-state index contributed by atoms with van der Waals surface area (Å²) in [4.78, 5) is 47.3. The molecule has 1 aromatic carbocycles. The van der Waals surface area contributed by atoms with Crippen molar-refractivity contribution in [3.63, 3.8) is 0 Å². The number of nitrogens with one attached hydrogen (secondary N) is 1. The Morgan fingerprint density at radius 3 is 2.61 bits per heavy atom. The molecule has 3 amide bonds. The van der Waals surface area contributed by atoms with Crippen LogP contribution in [-0.2, 0) is 19.1 Å². The summed E-state index contributed by atoms with van der Waals surface area (Å²) >= 11 is 0.927. The van der Waals surface area contributed by atoms with Gasteiger partial charge in [-0.05, 0) is 23.8 Å². The van der Waals surface area contributed by atoms with Gasteiger partial charge < -0.3 is 19.5 Å². The maximum Gasteiger partial charge on any atom is 0.331 e. The van der Waals surface area contributed by atoms with Gasteiger partial charge in [0.05, 0.1) is 20.0 Å². The van der Waals surface area contributed by atoms with Crippen molar-refractivity contribution in [2.24, 2.45) is 0 Å². The van der Waals surface area contributed by atoms with Crippen molar-refractivity contribution >= 4 is 40.9 Å². The van der Waals surface area contributed by atoms with Gasteiger partial charge in [-0.3, -0.25) is 19.3 Å². The summed E-state index contributed by atoms with van der Waals surface area (Å²) < 4.78 is 15.2.